The summed E-state index contributed by atoms with van der Waals surface area (Å²) in [6.07, 6.45) is 0. The highest BCUT2D eigenvalue weighted by atomic mass is 15.1. The zero-order valence-electron chi connectivity index (χ0n) is 65.5. The summed E-state index contributed by atoms with van der Waals surface area (Å²) in [7, 11) is 0. The number of hydrogen-bond acceptors (Lipinski definition) is 4. The van der Waals surface area contributed by atoms with Crippen molar-refractivity contribution in [3.8, 4) is 72.4 Å². The van der Waals surface area contributed by atoms with Gasteiger partial charge < -0.3 is 25.8 Å². The Hall–Kier alpha value is -15.8. The topological polar surface area (TPSA) is 63.5 Å². The monoisotopic (exact) mass is 1520 g/mol. The molecule has 1 heterocycles. The number of aromatic nitrogens is 1. The van der Waals surface area contributed by atoms with Crippen LogP contribution in [0.1, 0.15) is 0 Å². The molecule has 0 amide bonds. The van der Waals surface area contributed by atoms with Crippen molar-refractivity contribution in [3.63, 3.8) is 0 Å². The zero-order chi connectivity index (χ0) is 79.5. The third kappa shape index (κ3) is 14.0. The molecule has 119 heavy (non-hydrogen) atoms. The Morgan fingerprint density at radius 2 is 0.445 bits per heavy atom. The first-order valence-corrected chi connectivity index (χ1v) is 40.6. The van der Waals surface area contributed by atoms with Gasteiger partial charge in [-0.3, -0.25) is 0 Å². The number of hydrogen-bond donors (Lipinski definition) is 2. The fourth-order valence-corrected chi connectivity index (χ4v) is 17.5. The lowest BCUT2D eigenvalue weighted by molar-refractivity contribution is 1.18. The maximum absolute atomic E-state index is 7.08. The van der Waals surface area contributed by atoms with Crippen LogP contribution in [0.3, 0.4) is 0 Å². The molecular weight excluding hydrogens is 1440 g/mol. The van der Waals surface area contributed by atoms with E-state index in [9.17, 15) is 0 Å². The fourth-order valence-electron chi connectivity index (χ4n) is 17.5. The molecule has 0 bridgehead atoms. The van der Waals surface area contributed by atoms with Crippen LogP contribution in [0.15, 0.2) is 467 Å². The summed E-state index contributed by atoms with van der Waals surface area (Å²) in [5, 5.41) is 17.0. The molecular formula is C114H81N5. The van der Waals surface area contributed by atoms with Gasteiger partial charge in [0, 0.05) is 72.5 Å². The molecule has 0 aliphatic carbocycles. The van der Waals surface area contributed by atoms with Gasteiger partial charge in [0.25, 0.3) is 0 Å². The van der Waals surface area contributed by atoms with Gasteiger partial charge in [-0.05, 0) is 231 Å². The van der Waals surface area contributed by atoms with Crippen LogP contribution in [-0.2, 0) is 0 Å². The summed E-state index contributed by atoms with van der Waals surface area (Å²) in [5.74, 6) is 0. The van der Waals surface area contributed by atoms with E-state index < -0.39 is 0 Å². The van der Waals surface area contributed by atoms with Crippen molar-refractivity contribution in [1.29, 1.82) is 0 Å². The Morgan fingerprint density at radius 3 is 0.807 bits per heavy atom. The standard InChI is InChI=1S/C52H36N2.C44H32N2.C18H13N/c53-47-27-25-45(49(41-21-17-33-9-1-5-13-37(33)29-41)51(47)43-23-19-35-11-3-7-15-39(35)31-43)46-26-28-48(54)52(44-24-20-36-12-4-8-16-40(36)32-44)50(46)42-22-18-34-10-2-6-14-38(34)30-42;1-3-17-37(18-4-1)45(43-23-11-15-35-13-7-9-21-41(35)43)39-29-25-33(26-30-39)34-27-31-40(32-28-34)46(38-19-5-2-6-20-38)44-24-12-16-36-14-8-10-22-42(36)44;1-2-8-14(9-3-1)19-17-12-6-4-10-15(17)16-11-5-7-13-18(16)19/h1-32H,53-54H2;1-32H;1-13H. The van der Waals surface area contributed by atoms with Gasteiger partial charge in [-0.15, -0.1) is 0 Å². The molecule has 0 aliphatic heterocycles. The second-order valence-corrected chi connectivity index (χ2v) is 30.3. The molecule has 0 aliphatic rings. The second-order valence-electron chi connectivity index (χ2n) is 30.3. The first-order valence-electron chi connectivity index (χ1n) is 40.6. The maximum Gasteiger partial charge on any atom is 0.0541 e. The van der Waals surface area contributed by atoms with Gasteiger partial charge in [-0.2, -0.15) is 0 Å². The van der Waals surface area contributed by atoms with E-state index >= 15 is 0 Å². The molecule has 22 aromatic rings. The number of rotatable bonds is 13. The Labute approximate surface area is 692 Å². The van der Waals surface area contributed by atoms with E-state index in [1.807, 2.05) is 0 Å². The molecule has 5 nitrogen and oxygen atoms in total. The molecule has 1 aromatic heterocycles. The predicted octanol–water partition coefficient (Wildman–Crippen LogP) is 31.2. The van der Waals surface area contributed by atoms with E-state index in [2.05, 4.69) is 481 Å². The van der Waals surface area contributed by atoms with Crippen molar-refractivity contribution in [2.24, 2.45) is 0 Å². The summed E-state index contributed by atoms with van der Waals surface area (Å²) >= 11 is 0. The molecule has 0 unspecified atom stereocenters. The van der Waals surface area contributed by atoms with E-state index in [4.69, 9.17) is 11.5 Å². The van der Waals surface area contributed by atoms with Gasteiger partial charge >= 0.3 is 0 Å². The van der Waals surface area contributed by atoms with Gasteiger partial charge in [0.1, 0.15) is 0 Å². The van der Waals surface area contributed by atoms with Crippen LogP contribution in [0.2, 0.25) is 0 Å². The Morgan fingerprint density at radius 1 is 0.176 bits per heavy atom. The average Bonchev–Trinajstić information content (AvgIpc) is 1.63. The van der Waals surface area contributed by atoms with E-state index in [0.29, 0.717) is 0 Å². The Kier molecular flexibility index (Phi) is 19.3. The SMILES string of the molecule is Nc1ccc(-c2ccc(N)c(-c3ccc4ccccc4c3)c2-c2ccc3ccccc3c2)c(-c2ccc3ccccc3c2)c1-c1ccc2ccccc2c1.c1ccc(-n2c3ccccc3c3ccccc32)cc1.c1ccc(N(c2ccc(-c3ccc(N(c4ccccc4)c4cccc5ccccc45)cc3)cc2)c2cccc3ccccc23)cc1. The minimum Gasteiger partial charge on any atom is -0.398 e. The van der Waals surface area contributed by atoms with Crippen molar-refractivity contribution in [2.45, 2.75) is 0 Å². The number of benzene rings is 21. The largest absolute Gasteiger partial charge is 0.398 e. The normalized spacial score (nSPS) is 11.3. The molecule has 0 saturated carbocycles. The van der Waals surface area contributed by atoms with E-state index in [-0.39, 0.29) is 0 Å². The molecule has 562 valence electrons. The van der Waals surface area contributed by atoms with Crippen molar-refractivity contribution in [2.75, 3.05) is 21.3 Å². The Balaban J connectivity index is 0.000000126. The van der Waals surface area contributed by atoms with E-state index in [1.54, 1.807) is 0 Å². The number of nitrogen functional groups attached to an aromatic ring is 2. The minimum atomic E-state index is 0.731. The number of nitrogens with zero attached hydrogens (tertiary/aromatic N) is 3. The van der Waals surface area contributed by atoms with Crippen molar-refractivity contribution >= 4 is 132 Å². The van der Waals surface area contributed by atoms with Crippen LogP contribution in [-0.4, -0.2) is 4.57 Å². The highest BCUT2D eigenvalue weighted by Gasteiger charge is 2.25. The first-order chi connectivity index (χ1) is 58.9. The van der Waals surface area contributed by atoms with Crippen LogP contribution < -0.4 is 21.3 Å². The molecule has 4 N–H and O–H groups in total. The number of nitrogens with two attached hydrogens (primary N) is 2. The third-order valence-corrected chi connectivity index (χ3v) is 23.1. The lowest BCUT2D eigenvalue weighted by atomic mass is 9.80. The molecule has 0 fully saturated rings. The summed E-state index contributed by atoms with van der Waals surface area (Å²) < 4.78 is 2.32. The van der Waals surface area contributed by atoms with Gasteiger partial charge in [-0.25, -0.2) is 0 Å². The van der Waals surface area contributed by atoms with Crippen LogP contribution in [0.5, 0.6) is 0 Å². The maximum atomic E-state index is 7.08. The summed E-state index contributed by atoms with van der Waals surface area (Å²) in [5.41, 5.74) is 39.3. The van der Waals surface area contributed by atoms with Crippen LogP contribution in [0.4, 0.5) is 45.5 Å². The fraction of sp³-hybridized carbons (Fsp3) is 0. The third-order valence-electron chi connectivity index (χ3n) is 23.1. The Bertz CT molecular complexity index is 7060. The smallest absolute Gasteiger partial charge is 0.0541 e. The van der Waals surface area contributed by atoms with Crippen molar-refractivity contribution < 1.29 is 0 Å². The number of anilines is 8. The molecule has 22 rings (SSSR count). The molecule has 0 radical (unpaired) electrons. The summed E-state index contributed by atoms with van der Waals surface area (Å²) in [6.45, 7) is 0. The minimum absolute atomic E-state index is 0.731. The molecule has 0 atom stereocenters. The van der Waals surface area contributed by atoms with Crippen LogP contribution >= 0.6 is 0 Å². The van der Waals surface area contributed by atoms with Crippen molar-refractivity contribution in [1.82, 2.24) is 4.57 Å². The predicted molar refractivity (Wildman–Crippen MR) is 510 cm³/mol. The molecule has 0 saturated heterocycles. The molecule has 5 heteroatoms. The van der Waals surface area contributed by atoms with Crippen LogP contribution in [0.25, 0.3) is 159 Å². The van der Waals surface area contributed by atoms with Gasteiger partial charge in [0.15, 0.2) is 0 Å². The molecule has 0 spiro atoms. The van der Waals surface area contributed by atoms with Gasteiger partial charge in [0.05, 0.1) is 22.4 Å². The number of para-hydroxylation sites is 5. The lowest BCUT2D eigenvalue weighted by Crippen LogP contribution is -2.10. The second kappa shape index (κ2) is 31.9. The highest BCUT2D eigenvalue weighted by Crippen LogP contribution is 2.52. The summed E-state index contributed by atoms with van der Waals surface area (Å²) in [4.78, 5) is 4.69. The summed E-state index contributed by atoms with van der Waals surface area (Å²) in [6, 6.07) is 166. The van der Waals surface area contributed by atoms with E-state index in [0.717, 1.165) is 101 Å². The highest BCUT2D eigenvalue weighted by molar-refractivity contribution is 6.12. The quantitative estimate of drug-likeness (QED) is 0.113. The van der Waals surface area contributed by atoms with Gasteiger partial charge in [-0.1, -0.05) is 346 Å². The van der Waals surface area contributed by atoms with Crippen LogP contribution in [0, 0.1) is 0 Å². The number of fused-ring (bicyclic) bond motifs is 9. The van der Waals surface area contributed by atoms with E-state index in [1.165, 1.54) is 103 Å². The molecule has 21 aromatic carbocycles. The average molecular weight is 1520 g/mol. The van der Waals surface area contributed by atoms with Gasteiger partial charge in [0.2, 0.25) is 0 Å². The first kappa shape index (κ1) is 72.2. The lowest BCUT2D eigenvalue weighted by Gasteiger charge is -2.27. The zero-order valence-corrected chi connectivity index (χ0v) is 65.5. The van der Waals surface area contributed by atoms with Crippen molar-refractivity contribution in [3.05, 3.63) is 467 Å².